The number of nitrogens with zero attached hydrogens (tertiary/aromatic N) is 2. The lowest BCUT2D eigenvalue weighted by atomic mass is 10.2. The first-order valence-corrected chi connectivity index (χ1v) is 11.4. The Kier molecular flexibility index (Phi) is 7.60. The minimum absolute atomic E-state index is 0.00494. The molecule has 4 aromatic rings. The van der Waals surface area contributed by atoms with Crippen LogP contribution in [0.3, 0.4) is 0 Å². The number of ether oxygens (including phenoxy) is 1. The number of carbonyl (C=O) groups is 1. The molecule has 0 spiro atoms. The second kappa shape index (κ2) is 10.5. The van der Waals surface area contributed by atoms with Gasteiger partial charge in [0.25, 0.3) is 5.91 Å². The van der Waals surface area contributed by atoms with E-state index in [2.05, 4.69) is 10.4 Å². The summed E-state index contributed by atoms with van der Waals surface area (Å²) in [5, 5.41) is 8.00. The van der Waals surface area contributed by atoms with Crippen LogP contribution in [0.2, 0.25) is 25.1 Å². The molecule has 0 saturated carbocycles. The van der Waals surface area contributed by atoms with E-state index in [1.54, 1.807) is 12.1 Å². The Morgan fingerprint density at radius 2 is 1.76 bits per heavy atom. The van der Waals surface area contributed by atoms with Crippen molar-refractivity contribution < 1.29 is 18.3 Å². The number of furan rings is 1. The van der Waals surface area contributed by atoms with Crippen LogP contribution in [-0.2, 0) is 13.2 Å². The highest BCUT2D eigenvalue weighted by Gasteiger charge is 2.18. The number of anilines is 1. The van der Waals surface area contributed by atoms with Crippen LogP contribution >= 0.6 is 58.0 Å². The first-order valence-electron chi connectivity index (χ1n) is 9.54. The molecule has 34 heavy (non-hydrogen) atoms. The molecule has 176 valence electrons. The molecule has 0 radical (unpaired) electrons. The summed E-state index contributed by atoms with van der Waals surface area (Å²) in [6, 6.07) is 10.4. The van der Waals surface area contributed by atoms with Gasteiger partial charge >= 0.3 is 0 Å². The van der Waals surface area contributed by atoms with E-state index in [0.29, 0.717) is 10.8 Å². The summed E-state index contributed by atoms with van der Waals surface area (Å²) in [4.78, 5) is 12.6. The Morgan fingerprint density at radius 1 is 1.03 bits per heavy atom. The second-order valence-electron chi connectivity index (χ2n) is 6.93. The van der Waals surface area contributed by atoms with Crippen molar-refractivity contribution in [3.8, 4) is 5.75 Å². The van der Waals surface area contributed by atoms with Gasteiger partial charge in [-0.2, -0.15) is 5.10 Å². The van der Waals surface area contributed by atoms with E-state index in [4.69, 9.17) is 67.2 Å². The number of amides is 1. The molecule has 6 nitrogen and oxygen atoms in total. The van der Waals surface area contributed by atoms with Crippen molar-refractivity contribution in [3.05, 3.63) is 96.7 Å². The highest BCUT2D eigenvalue weighted by atomic mass is 35.5. The van der Waals surface area contributed by atoms with Gasteiger partial charge in [0.2, 0.25) is 0 Å². The van der Waals surface area contributed by atoms with Crippen LogP contribution in [0.15, 0.2) is 53.1 Å². The number of benzene rings is 2. The van der Waals surface area contributed by atoms with Crippen LogP contribution in [-0.4, -0.2) is 15.7 Å². The quantitative estimate of drug-likeness (QED) is 0.250. The van der Waals surface area contributed by atoms with Crippen LogP contribution in [0, 0.1) is 5.82 Å². The Hall–Kier alpha value is -2.42. The van der Waals surface area contributed by atoms with Gasteiger partial charge in [0, 0.05) is 21.8 Å². The van der Waals surface area contributed by atoms with Crippen molar-refractivity contribution in [2.75, 3.05) is 5.32 Å². The number of halogens is 6. The van der Waals surface area contributed by atoms with Gasteiger partial charge in [-0.15, -0.1) is 0 Å². The number of hydrogen-bond donors (Lipinski definition) is 1. The van der Waals surface area contributed by atoms with Crippen LogP contribution in [0.4, 0.5) is 10.2 Å². The molecule has 12 heteroatoms. The van der Waals surface area contributed by atoms with Gasteiger partial charge in [-0.1, -0.05) is 64.1 Å². The molecule has 4 rings (SSSR count). The first kappa shape index (κ1) is 24.7. The van der Waals surface area contributed by atoms with Gasteiger partial charge in [0.05, 0.1) is 16.6 Å². The Balaban J connectivity index is 1.41. The average molecular weight is 564 g/mol. The minimum Gasteiger partial charge on any atom is -0.483 e. The normalized spacial score (nSPS) is 11.0. The SMILES string of the molecule is O=C(Nc1nn(Cc2c(F)cccc2Cl)cc1Cl)c1ccc(COc2c(Cl)cc(Cl)cc2Cl)o1. The summed E-state index contributed by atoms with van der Waals surface area (Å²) >= 11 is 30.3. The maximum absolute atomic E-state index is 14.0. The lowest BCUT2D eigenvalue weighted by Gasteiger charge is -2.09. The molecule has 0 fully saturated rings. The Bertz CT molecular complexity index is 1330. The number of rotatable bonds is 7. The maximum Gasteiger partial charge on any atom is 0.292 e. The maximum atomic E-state index is 14.0. The second-order valence-corrected chi connectivity index (χ2v) is 9.00. The van der Waals surface area contributed by atoms with E-state index in [0.717, 1.165) is 0 Å². The molecule has 2 heterocycles. The van der Waals surface area contributed by atoms with E-state index in [-0.39, 0.29) is 56.1 Å². The number of hydrogen-bond acceptors (Lipinski definition) is 4. The van der Waals surface area contributed by atoms with E-state index in [1.165, 1.54) is 41.2 Å². The summed E-state index contributed by atoms with van der Waals surface area (Å²) in [5.41, 5.74) is 0.248. The Morgan fingerprint density at radius 3 is 2.47 bits per heavy atom. The molecular weight excluding hydrogens is 551 g/mol. The summed E-state index contributed by atoms with van der Waals surface area (Å²) in [5.74, 6) is -0.413. The summed E-state index contributed by atoms with van der Waals surface area (Å²) in [6.07, 6.45) is 1.45. The van der Waals surface area contributed by atoms with Gasteiger partial charge < -0.3 is 14.5 Å². The molecule has 2 aromatic carbocycles. The van der Waals surface area contributed by atoms with Crippen molar-refractivity contribution in [1.82, 2.24) is 9.78 Å². The van der Waals surface area contributed by atoms with Gasteiger partial charge in [0.1, 0.15) is 23.2 Å². The molecule has 0 aliphatic rings. The summed E-state index contributed by atoms with van der Waals surface area (Å²) < 4.78 is 26.5. The Labute approximate surface area is 218 Å². The molecule has 1 N–H and O–H groups in total. The molecule has 0 aliphatic carbocycles. The fourth-order valence-corrected chi connectivity index (χ4v) is 4.31. The fraction of sp³-hybridized carbons (Fsp3) is 0.0909. The van der Waals surface area contributed by atoms with E-state index >= 15 is 0 Å². The molecule has 0 bridgehead atoms. The topological polar surface area (TPSA) is 69.3 Å². The van der Waals surface area contributed by atoms with Crippen LogP contribution in [0.1, 0.15) is 21.9 Å². The van der Waals surface area contributed by atoms with Crippen molar-refractivity contribution >= 4 is 69.7 Å². The molecule has 2 aromatic heterocycles. The predicted octanol–water partition coefficient (Wildman–Crippen LogP) is 7.76. The first-order chi connectivity index (χ1) is 16.2. The third-order valence-electron chi connectivity index (χ3n) is 4.54. The zero-order valence-corrected chi connectivity index (χ0v) is 20.7. The third-order valence-corrected chi connectivity index (χ3v) is 5.95. The molecular formula is C22H13Cl5FN3O3. The smallest absolute Gasteiger partial charge is 0.292 e. The lowest BCUT2D eigenvalue weighted by Crippen LogP contribution is -2.12. The molecule has 0 aliphatic heterocycles. The third kappa shape index (κ3) is 5.62. The fourth-order valence-electron chi connectivity index (χ4n) is 2.96. The van der Waals surface area contributed by atoms with Gasteiger partial charge in [-0.25, -0.2) is 4.39 Å². The summed E-state index contributed by atoms with van der Waals surface area (Å²) in [7, 11) is 0. The zero-order valence-electron chi connectivity index (χ0n) is 16.9. The molecule has 0 unspecified atom stereocenters. The van der Waals surface area contributed by atoms with Crippen molar-refractivity contribution in [2.45, 2.75) is 13.2 Å². The van der Waals surface area contributed by atoms with Crippen molar-refractivity contribution in [3.63, 3.8) is 0 Å². The summed E-state index contributed by atoms with van der Waals surface area (Å²) in [6.45, 7) is -0.00765. The molecule has 0 atom stereocenters. The van der Waals surface area contributed by atoms with Crippen molar-refractivity contribution in [2.24, 2.45) is 0 Å². The highest BCUT2D eigenvalue weighted by Crippen LogP contribution is 2.36. The van der Waals surface area contributed by atoms with Crippen LogP contribution in [0.5, 0.6) is 5.75 Å². The zero-order chi connectivity index (χ0) is 24.4. The number of nitrogens with one attached hydrogen (secondary N) is 1. The van der Waals surface area contributed by atoms with Gasteiger partial charge in [-0.3, -0.25) is 9.48 Å². The van der Waals surface area contributed by atoms with E-state index in [1.807, 2.05) is 0 Å². The average Bonchev–Trinajstić information content (AvgIpc) is 3.37. The van der Waals surface area contributed by atoms with E-state index in [9.17, 15) is 9.18 Å². The van der Waals surface area contributed by atoms with Crippen molar-refractivity contribution in [1.29, 1.82) is 0 Å². The van der Waals surface area contributed by atoms with Crippen LogP contribution < -0.4 is 10.1 Å². The van der Waals surface area contributed by atoms with Gasteiger partial charge in [-0.05, 0) is 36.4 Å². The van der Waals surface area contributed by atoms with Crippen LogP contribution in [0.25, 0.3) is 0 Å². The largest absolute Gasteiger partial charge is 0.483 e. The number of carbonyl (C=O) groups excluding carboxylic acids is 1. The monoisotopic (exact) mass is 561 g/mol. The van der Waals surface area contributed by atoms with Gasteiger partial charge in [0.15, 0.2) is 17.3 Å². The standard InChI is InChI=1S/C22H13Cl5FN3O3/c23-11-6-15(25)20(16(26)7-11)33-10-12-4-5-19(34-12)22(32)29-21-17(27)9-31(30-21)8-13-14(24)2-1-3-18(13)28/h1-7,9H,8,10H2,(H,29,30,32). The highest BCUT2D eigenvalue weighted by molar-refractivity contribution is 6.40. The molecule has 1 amide bonds. The van der Waals surface area contributed by atoms with E-state index < -0.39 is 11.7 Å². The number of aromatic nitrogens is 2. The molecule has 0 saturated heterocycles. The predicted molar refractivity (Wildman–Crippen MR) is 130 cm³/mol. The minimum atomic E-state index is -0.593. The lowest BCUT2D eigenvalue weighted by molar-refractivity contribution is 0.0992.